The zero-order chi connectivity index (χ0) is 12.8. The third kappa shape index (κ3) is 4.36. The molecular weight excluding hydrogens is 228 g/mol. The van der Waals surface area contributed by atoms with Gasteiger partial charge in [-0.1, -0.05) is 12.1 Å². The highest BCUT2D eigenvalue weighted by Crippen LogP contribution is 2.18. The van der Waals surface area contributed by atoms with Crippen LogP contribution in [0.25, 0.3) is 0 Å². The zero-order valence-corrected chi connectivity index (χ0v) is 10.3. The highest BCUT2D eigenvalue weighted by molar-refractivity contribution is 5.28. The van der Waals surface area contributed by atoms with Crippen molar-refractivity contribution in [3.63, 3.8) is 0 Å². The van der Waals surface area contributed by atoms with E-state index in [1.54, 1.807) is 0 Å². The van der Waals surface area contributed by atoms with Crippen LogP contribution in [0.1, 0.15) is 18.4 Å². The predicted molar refractivity (Wildman–Crippen MR) is 68.3 cm³/mol. The summed E-state index contributed by atoms with van der Waals surface area (Å²) in [5.41, 5.74) is 0.973. The maximum absolute atomic E-state index is 9.70. The summed E-state index contributed by atoms with van der Waals surface area (Å²) in [4.78, 5) is 0. The van der Waals surface area contributed by atoms with Crippen LogP contribution in [0.2, 0.25) is 0 Å². The van der Waals surface area contributed by atoms with Gasteiger partial charge in [-0.15, -0.1) is 0 Å². The van der Waals surface area contributed by atoms with E-state index in [-0.39, 0.29) is 6.61 Å². The zero-order valence-electron chi connectivity index (χ0n) is 10.3. The van der Waals surface area contributed by atoms with Crippen molar-refractivity contribution in [3.8, 4) is 11.8 Å². The standard InChI is InChI=1S/C14H18N2O2/c15-8-7-11-1-5-14(6-2-11)18-10-13(17)9-16-12-3-4-12/h1-2,5-6,12-13,16-17H,3-4,7,9-10H2. The second-order valence-electron chi connectivity index (χ2n) is 4.63. The Hall–Kier alpha value is -1.57. The molecule has 18 heavy (non-hydrogen) atoms. The first-order valence-corrected chi connectivity index (χ1v) is 6.28. The molecule has 0 radical (unpaired) electrons. The second-order valence-corrected chi connectivity index (χ2v) is 4.63. The topological polar surface area (TPSA) is 65.3 Å². The van der Waals surface area contributed by atoms with Gasteiger partial charge in [-0.3, -0.25) is 0 Å². The van der Waals surface area contributed by atoms with Gasteiger partial charge in [0.2, 0.25) is 0 Å². The largest absolute Gasteiger partial charge is 0.491 e. The number of hydrogen-bond acceptors (Lipinski definition) is 4. The lowest BCUT2D eigenvalue weighted by molar-refractivity contribution is 0.106. The molecule has 96 valence electrons. The number of benzene rings is 1. The van der Waals surface area contributed by atoms with E-state index in [1.807, 2.05) is 24.3 Å². The minimum atomic E-state index is -0.482. The molecule has 0 bridgehead atoms. The summed E-state index contributed by atoms with van der Waals surface area (Å²) in [6.07, 6.45) is 2.36. The number of hydrogen-bond donors (Lipinski definition) is 2. The molecule has 1 unspecified atom stereocenters. The predicted octanol–water partition coefficient (Wildman–Crippen LogP) is 1.24. The van der Waals surface area contributed by atoms with E-state index in [0.29, 0.717) is 19.0 Å². The van der Waals surface area contributed by atoms with Gasteiger partial charge >= 0.3 is 0 Å². The molecule has 0 spiro atoms. The maximum atomic E-state index is 9.70. The third-order valence-corrected chi connectivity index (χ3v) is 2.87. The molecule has 2 rings (SSSR count). The molecule has 4 nitrogen and oxygen atoms in total. The van der Waals surface area contributed by atoms with E-state index >= 15 is 0 Å². The average molecular weight is 246 g/mol. The SMILES string of the molecule is N#CCc1ccc(OCC(O)CNC2CC2)cc1. The van der Waals surface area contributed by atoms with Crippen LogP contribution in [-0.4, -0.2) is 30.4 Å². The third-order valence-electron chi connectivity index (χ3n) is 2.87. The van der Waals surface area contributed by atoms with Crippen molar-refractivity contribution in [2.24, 2.45) is 0 Å². The van der Waals surface area contributed by atoms with Crippen LogP contribution in [0, 0.1) is 11.3 Å². The number of nitrogens with zero attached hydrogens (tertiary/aromatic N) is 1. The van der Waals surface area contributed by atoms with Crippen molar-refractivity contribution in [3.05, 3.63) is 29.8 Å². The Morgan fingerprint density at radius 1 is 1.39 bits per heavy atom. The quantitative estimate of drug-likeness (QED) is 0.760. The Morgan fingerprint density at radius 2 is 2.11 bits per heavy atom. The summed E-state index contributed by atoms with van der Waals surface area (Å²) >= 11 is 0. The Labute approximate surface area is 107 Å². The van der Waals surface area contributed by atoms with Crippen LogP contribution < -0.4 is 10.1 Å². The van der Waals surface area contributed by atoms with E-state index in [1.165, 1.54) is 12.8 Å². The summed E-state index contributed by atoms with van der Waals surface area (Å²) in [5, 5.41) is 21.5. The van der Waals surface area contributed by atoms with Crippen LogP contribution in [0.5, 0.6) is 5.75 Å². The van der Waals surface area contributed by atoms with Gasteiger partial charge in [-0.25, -0.2) is 0 Å². The molecule has 0 aliphatic heterocycles. The Balaban J connectivity index is 1.69. The van der Waals surface area contributed by atoms with Gasteiger partial charge in [-0.2, -0.15) is 5.26 Å². The summed E-state index contributed by atoms with van der Waals surface area (Å²) < 4.78 is 5.48. The Morgan fingerprint density at radius 3 is 2.72 bits per heavy atom. The van der Waals surface area contributed by atoms with Crippen LogP contribution >= 0.6 is 0 Å². The van der Waals surface area contributed by atoms with Crippen molar-refractivity contribution in [1.82, 2.24) is 5.32 Å². The molecule has 1 saturated carbocycles. The Kier molecular flexibility index (Phi) is 4.57. The molecule has 1 atom stereocenters. The molecular formula is C14H18N2O2. The summed E-state index contributed by atoms with van der Waals surface area (Å²) in [5.74, 6) is 0.724. The lowest BCUT2D eigenvalue weighted by Crippen LogP contribution is -2.32. The molecule has 0 saturated heterocycles. The fourth-order valence-electron chi connectivity index (χ4n) is 1.64. The van der Waals surface area contributed by atoms with Crippen molar-refractivity contribution in [1.29, 1.82) is 5.26 Å². The molecule has 0 heterocycles. The fraction of sp³-hybridized carbons (Fsp3) is 0.500. The average Bonchev–Trinajstić information content (AvgIpc) is 3.20. The monoisotopic (exact) mass is 246 g/mol. The lowest BCUT2D eigenvalue weighted by Gasteiger charge is -2.13. The van der Waals surface area contributed by atoms with Gasteiger partial charge in [0.05, 0.1) is 12.5 Å². The molecule has 1 aliphatic rings. The second kappa shape index (κ2) is 6.39. The van der Waals surface area contributed by atoms with Gasteiger partial charge in [-0.05, 0) is 30.5 Å². The molecule has 4 heteroatoms. The van der Waals surface area contributed by atoms with E-state index in [0.717, 1.165) is 11.3 Å². The van der Waals surface area contributed by atoms with Crippen LogP contribution in [-0.2, 0) is 6.42 Å². The van der Waals surface area contributed by atoms with E-state index in [4.69, 9.17) is 10.00 Å². The highest BCUT2D eigenvalue weighted by atomic mass is 16.5. The Bertz CT molecular complexity index is 407. The lowest BCUT2D eigenvalue weighted by atomic mass is 10.2. The first-order valence-electron chi connectivity index (χ1n) is 6.28. The molecule has 0 amide bonds. The van der Waals surface area contributed by atoms with Crippen molar-refractivity contribution in [2.75, 3.05) is 13.2 Å². The fourth-order valence-corrected chi connectivity index (χ4v) is 1.64. The number of rotatable bonds is 7. The van der Waals surface area contributed by atoms with Crippen LogP contribution in [0.15, 0.2) is 24.3 Å². The number of aliphatic hydroxyl groups is 1. The molecule has 1 aromatic rings. The number of aliphatic hydroxyl groups excluding tert-OH is 1. The van der Waals surface area contributed by atoms with Gasteiger partial charge in [0, 0.05) is 12.6 Å². The summed E-state index contributed by atoms with van der Waals surface area (Å²) in [6.45, 7) is 0.870. The van der Waals surface area contributed by atoms with E-state index in [9.17, 15) is 5.11 Å². The molecule has 1 fully saturated rings. The minimum Gasteiger partial charge on any atom is -0.491 e. The summed E-state index contributed by atoms with van der Waals surface area (Å²) in [7, 11) is 0. The first-order chi connectivity index (χ1) is 8.78. The van der Waals surface area contributed by atoms with Crippen molar-refractivity contribution >= 4 is 0 Å². The molecule has 2 N–H and O–H groups in total. The number of ether oxygens (including phenoxy) is 1. The first kappa shape index (κ1) is 12.9. The normalized spacial score (nSPS) is 16.0. The minimum absolute atomic E-state index is 0.289. The van der Waals surface area contributed by atoms with Crippen molar-refractivity contribution < 1.29 is 9.84 Å². The summed E-state index contributed by atoms with van der Waals surface area (Å²) in [6, 6.07) is 10.1. The molecule has 0 aromatic heterocycles. The van der Waals surface area contributed by atoms with Gasteiger partial charge in [0.25, 0.3) is 0 Å². The number of nitriles is 1. The molecule has 1 aromatic carbocycles. The van der Waals surface area contributed by atoms with E-state index in [2.05, 4.69) is 11.4 Å². The van der Waals surface area contributed by atoms with Crippen molar-refractivity contribution in [2.45, 2.75) is 31.4 Å². The van der Waals surface area contributed by atoms with Gasteiger partial charge in [0.1, 0.15) is 18.5 Å². The van der Waals surface area contributed by atoms with Crippen LogP contribution in [0.3, 0.4) is 0 Å². The maximum Gasteiger partial charge on any atom is 0.119 e. The van der Waals surface area contributed by atoms with Crippen LogP contribution in [0.4, 0.5) is 0 Å². The van der Waals surface area contributed by atoms with Gasteiger partial charge in [0.15, 0.2) is 0 Å². The highest BCUT2D eigenvalue weighted by Gasteiger charge is 2.21. The molecule has 1 aliphatic carbocycles. The van der Waals surface area contributed by atoms with E-state index < -0.39 is 6.10 Å². The number of nitrogens with one attached hydrogen (secondary N) is 1. The smallest absolute Gasteiger partial charge is 0.119 e. The van der Waals surface area contributed by atoms with Gasteiger partial charge < -0.3 is 15.2 Å².